The Morgan fingerprint density at radius 3 is 2.60 bits per heavy atom. The van der Waals surface area contributed by atoms with Crippen LogP contribution in [0.1, 0.15) is 18.4 Å². The smallest absolute Gasteiger partial charge is 0.319 e. The van der Waals surface area contributed by atoms with Gasteiger partial charge >= 0.3 is 6.03 Å². The van der Waals surface area contributed by atoms with Crippen LogP contribution in [0.4, 0.5) is 10.5 Å². The van der Waals surface area contributed by atoms with E-state index < -0.39 is 0 Å². The topological polar surface area (TPSA) is 54.0 Å². The highest BCUT2D eigenvalue weighted by Gasteiger charge is 2.44. The number of nitrogens with zero attached hydrogens (tertiary/aromatic N) is 1. The summed E-state index contributed by atoms with van der Waals surface area (Å²) in [6, 6.07) is 13.8. The third kappa shape index (κ3) is 2.79. The molecule has 1 aliphatic rings. The molecular formula is C16H17N3O. The number of pyridine rings is 1. The zero-order valence-electron chi connectivity index (χ0n) is 11.2. The Bertz CT molecular complexity index is 579. The van der Waals surface area contributed by atoms with E-state index in [0.717, 1.165) is 12.8 Å². The number of amides is 2. The van der Waals surface area contributed by atoms with Crippen molar-refractivity contribution in [1.29, 1.82) is 0 Å². The van der Waals surface area contributed by atoms with Crippen molar-refractivity contribution in [2.75, 3.05) is 11.9 Å². The van der Waals surface area contributed by atoms with Gasteiger partial charge in [-0.1, -0.05) is 30.3 Å². The summed E-state index contributed by atoms with van der Waals surface area (Å²) in [5, 5.41) is 5.74. The summed E-state index contributed by atoms with van der Waals surface area (Å²) in [4.78, 5) is 15.8. The van der Waals surface area contributed by atoms with Gasteiger partial charge in [-0.05, 0) is 30.5 Å². The molecule has 1 aromatic heterocycles. The molecule has 0 spiro atoms. The van der Waals surface area contributed by atoms with Gasteiger partial charge in [-0.2, -0.15) is 0 Å². The molecule has 2 aromatic rings. The van der Waals surface area contributed by atoms with Crippen LogP contribution in [-0.2, 0) is 5.41 Å². The average molecular weight is 267 g/mol. The largest absolute Gasteiger partial charge is 0.337 e. The van der Waals surface area contributed by atoms with E-state index >= 15 is 0 Å². The van der Waals surface area contributed by atoms with Gasteiger partial charge in [0.15, 0.2) is 0 Å². The highest BCUT2D eigenvalue weighted by atomic mass is 16.2. The van der Waals surface area contributed by atoms with Crippen molar-refractivity contribution in [1.82, 2.24) is 10.3 Å². The van der Waals surface area contributed by atoms with Gasteiger partial charge in [0, 0.05) is 18.2 Å². The van der Waals surface area contributed by atoms with Crippen LogP contribution in [0, 0.1) is 0 Å². The van der Waals surface area contributed by atoms with Gasteiger partial charge in [0.1, 0.15) is 0 Å². The third-order valence-electron chi connectivity index (χ3n) is 3.75. The highest BCUT2D eigenvalue weighted by Crippen LogP contribution is 2.47. The molecule has 0 saturated heterocycles. The Kier molecular flexibility index (Phi) is 3.37. The number of hydrogen-bond acceptors (Lipinski definition) is 2. The lowest BCUT2D eigenvalue weighted by Crippen LogP contribution is -2.35. The standard InChI is InChI=1S/C16H17N3O/c20-15(19-14-7-4-10-17-11-14)18-12-16(8-9-16)13-5-2-1-3-6-13/h1-7,10-11H,8-9,12H2,(H2,18,19,20). The molecule has 0 atom stereocenters. The summed E-state index contributed by atoms with van der Waals surface area (Å²) >= 11 is 0. The van der Waals surface area contributed by atoms with Crippen molar-refractivity contribution >= 4 is 11.7 Å². The summed E-state index contributed by atoms with van der Waals surface area (Å²) in [6.07, 6.45) is 5.57. The van der Waals surface area contributed by atoms with Gasteiger partial charge in [-0.15, -0.1) is 0 Å². The van der Waals surface area contributed by atoms with Crippen molar-refractivity contribution in [3.05, 3.63) is 60.4 Å². The van der Waals surface area contributed by atoms with Crippen molar-refractivity contribution in [3.8, 4) is 0 Å². The minimum atomic E-state index is -0.180. The van der Waals surface area contributed by atoms with Gasteiger partial charge in [0.2, 0.25) is 0 Å². The Morgan fingerprint density at radius 1 is 1.15 bits per heavy atom. The Hall–Kier alpha value is -2.36. The number of anilines is 1. The molecule has 20 heavy (non-hydrogen) atoms. The summed E-state index contributed by atoms with van der Waals surface area (Å²) in [5.41, 5.74) is 2.14. The van der Waals surface area contributed by atoms with Crippen LogP contribution in [0.25, 0.3) is 0 Å². The summed E-state index contributed by atoms with van der Waals surface area (Å²) in [5.74, 6) is 0. The van der Waals surface area contributed by atoms with Crippen molar-refractivity contribution in [2.45, 2.75) is 18.3 Å². The zero-order valence-corrected chi connectivity index (χ0v) is 11.2. The third-order valence-corrected chi connectivity index (χ3v) is 3.75. The molecule has 0 bridgehead atoms. The van der Waals surface area contributed by atoms with Gasteiger partial charge in [0.25, 0.3) is 0 Å². The molecule has 1 heterocycles. The molecule has 4 heteroatoms. The zero-order chi connectivity index (χ0) is 13.8. The minimum absolute atomic E-state index is 0.132. The first-order valence-corrected chi connectivity index (χ1v) is 6.79. The van der Waals surface area contributed by atoms with Crippen LogP contribution in [0.5, 0.6) is 0 Å². The maximum atomic E-state index is 11.9. The fourth-order valence-corrected chi connectivity index (χ4v) is 2.37. The molecule has 0 unspecified atom stereocenters. The number of nitrogens with one attached hydrogen (secondary N) is 2. The Labute approximate surface area is 118 Å². The molecule has 1 saturated carbocycles. The van der Waals surface area contributed by atoms with Gasteiger partial charge in [-0.25, -0.2) is 4.79 Å². The first kappa shape index (κ1) is 12.7. The molecule has 2 amide bonds. The van der Waals surface area contributed by atoms with Gasteiger partial charge < -0.3 is 10.6 Å². The number of aromatic nitrogens is 1. The minimum Gasteiger partial charge on any atom is -0.337 e. The van der Waals surface area contributed by atoms with E-state index in [-0.39, 0.29) is 11.4 Å². The molecule has 1 fully saturated rings. The molecular weight excluding hydrogens is 250 g/mol. The second-order valence-electron chi connectivity index (χ2n) is 5.20. The van der Waals surface area contributed by atoms with E-state index in [0.29, 0.717) is 12.2 Å². The number of carbonyl (C=O) groups is 1. The van der Waals surface area contributed by atoms with Crippen LogP contribution in [-0.4, -0.2) is 17.6 Å². The van der Waals surface area contributed by atoms with Crippen LogP contribution >= 0.6 is 0 Å². The normalized spacial score (nSPS) is 15.4. The molecule has 0 aliphatic heterocycles. The predicted molar refractivity (Wildman–Crippen MR) is 78.6 cm³/mol. The number of rotatable bonds is 4. The van der Waals surface area contributed by atoms with Crippen LogP contribution in [0.2, 0.25) is 0 Å². The van der Waals surface area contributed by atoms with Crippen molar-refractivity contribution in [2.24, 2.45) is 0 Å². The first-order valence-electron chi connectivity index (χ1n) is 6.79. The lowest BCUT2D eigenvalue weighted by Gasteiger charge is -2.16. The second kappa shape index (κ2) is 5.33. The summed E-state index contributed by atoms with van der Waals surface area (Å²) in [6.45, 7) is 0.670. The van der Waals surface area contributed by atoms with Crippen LogP contribution in [0.15, 0.2) is 54.9 Å². The van der Waals surface area contributed by atoms with Gasteiger partial charge in [0.05, 0.1) is 11.9 Å². The quantitative estimate of drug-likeness (QED) is 0.895. The molecule has 1 aromatic carbocycles. The van der Waals surface area contributed by atoms with E-state index in [1.165, 1.54) is 5.56 Å². The van der Waals surface area contributed by atoms with E-state index in [4.69, 9.17) is 0 Å². The average Bonchev–Trinajstić information content (AvgIpc) is 3.28. The van der Waals surface area contributed by atoms with E-state index in [1.54, 1.807) is 18.5 Å². The Morgan fingerprint density at radius 2 is 1.95 bits per heavy atom. The molecule has 1 aliphatic carbocycles. The molecule has 4 nitrogen and oxygen atoms in total. The fourth-order valence-electron chi connectivity index (χ4n) is 2.37. The maximum absolute atomic E-state index is 11.9. The molecule has 2 N–H and O–H groups in total. The Balaban J connectivity index is 1.56. The molecule has 0 radical (unpaired) electrons. The fraction of sp³-hybridized carbons (Fsp3) is 0.250. The molecule has 102 valence electrons. The van der Waals surface area contributed by atoms with E-state index in [2.05, 4.69) is 27.8 Å². The lowest BCUT2D eigenvalue weighted by molar-refractivity contribution is 0.251. The first-order chi connectivity index (χ1) is 9.78. The monoisotopic (exact) mass is 267 g/mol. The summed E-state index contributed by atoms with van der Waals surface area (Å²) < 4.78 is 0. The SMILES string of the molecule is O=C(NCC1(c2ccccc2)CC1)Nc1cccnc1. The number of urea groups is 1. The van der Waals surface area contributed by atoms with Crippen LogP contribution in [0.3, 0.4) is 0 Å². The number of carbonyl (C=O) groups excluding carboxylic acids is 1. The van der Waals surface area contributed by atoms with Gasteiger partial charge in [-0.3, -0.25) is 4.98 Å². The predicted octanol–water partition coefficient (Wildman–Crippen LogP) is 2.93. The highest BCUT2D eigenvalue weighted by molar-refractivity contribution is 5.89. The summed E-state index contributed by atoms with van der Waals surface area (Å²) in [7, 11) is 0. The second-order valence-corrected chi connectivity index (χ2v) is 5.20. The van der Waals surface area contributed by atoms with Crippen LogP contribution < -0.4 is 10.6 Å². The van der Waals surface area contributed by atoms with E-state index in [9.17, 15) is 4.79 Å². The molecule has 3 rings (SSSR count). The van der Waals surface area contributed by atoms with Crippen molar-refractivity contribution in [3.63, 3.8) is 0 Å². The lowest BCUT2D eigenvalue weighted by atomic mass is 9.96. The maximum Gasteiger partial charge on any atom is 0.319 e. The number of hydrogen-bond donors (Lipinski definition) is 2. The number of benzene rings is 1. The van der Waals surface area contributed by atoms with E-state index in [1.807, 2.05) is 24.3 Å². The van der Waals surface area contributed by atoms with Crippen molar-refractivity contribution < 1.29 is 4.79 Å².